The van der Waals surface area contributed by atoms with Gasteiger partial charge < -0.3 is 14.6 Å². The van der Waals surface area contributed by atoms with E-state index in [-0.39, 0.29) is 5.92 Å². The third kappa shape index (κ3) is 2.26. The van der Waals surface area contributed by atoms with E-state index < -0.39 is 17.5 Å². The van der Waals surface area contributed by atoms with Crippen LogP contribution < -0.4 is 0 Å². The summed E-state index contributed by atoms with van der Waals surface area (Å²) < 4.78 is 10.3. The van der Waals surface area contributed by atoms with Gasteiger partial charge in [-0.2, -0.15) is 0 Å². The van der Waals surface area contributed by atoms with E-state index in [2.05, 4.69) is 0 Å². The summed E-state index contributed by atoms with van der Waals surface area (Å²) in [5, 5.41) is 10.9. The number of aliphatic hydroxyl groups is 1. The first-order chi connectivity index (χ1) is 9.01. The second-order valence-electron chi connectivity index (χ2n) is 5.24. The van der Waals surface area contributed by atoms with Gasteiger partial charge in [0.2, 0.25) is 0 Å². The zero-order valence-electron chi connectivity index (χ0n) is 11.6. The average molecular weight is 264 g/mol. The molecule has 0 amide bonds. The fourth-order valence-electron chi connectivity index (χ4n) is 2.69. The second kappa shape index (κ2) is 5.31. The van der Waals surface area contributed by atoms with Crippen molar-refractivity contribution in [3.8, 4) is 0 Å². The zero-order chi connectivity index (χ0) is 14.0. The van der Waals surface area contributed by atoms with E-state index in [1.54, 1.807) is 0 Å². The van der Waals surface area contributed by atoms with Crippen LogP contribution in [0.5, 0.6) is 0 Å². The van der Waals surface area contributed by atoms with Crippen molar-refractivity contribution in [1.29, 1.82) is 0 Å². The number of hydrogen-bond donors (Lipinski definition) is 1. The van der Waals surface area contributed by atoms with Gasteiger partial charge in [0, 0.05) is 5.92 Å². The van der Waals surface area contributed by atoms with Gasteiger partial charge in [-0.05, 0) is 17.0 Å². The third-order valence-electron chi connectivity index (χ3n) is 3.90. The number of methoxy groups -OCH3 is 1. The summed E-state index contributed by atoms with van der Waals surface area (Å²) in [6, 6.07) is 7.74. The molecule has 4 nitrogen and oxygen atoms in total. The van der Waals surface area contributed by atoms with Gasteiger partial charge in [0.25, 0.3) is 0 Å². The third-order valence-corrected chi connectivity index (χ3v) is 3.90. The van der Waals surface area contributed by atoms with Gasteiger partial charge in [0.1, 0.15) is 0 Å². The lowest BCUT2D eigenvalue weighted by atomic mass is 9.73. The summed E-state index contributed by atoms with van der Waals surface area (Å²) in [7, 11) is 1.30. The minimum Gasteiger partial charge on any atom is -0.467 e. The molecule has 0 aromatic heterocycles. The molecule has 1 aromatic rings. The smallest absolute Gasteiger partial charge is 0.338 e. The molecule has 0 spiro atoms. The van der Waals surface area contributed by atoms with Crippen molar-refractivity contribution in [2.45, 2.75) is 32.0 Å². The molecule has 4 heteroatoms. The number of carbonyl (C=O) groups excluding carboxylic acids is 1. The van der Waals surface area contributed by atoms with E-state index in [0.29, 0.717) is 13.2 Å². The minimum absolute atomic E-state index is 0.264. The Morgan fingerprint density at radius 3 is 2.79 bits per heavy atom. The molecular formula is C15H20O4. The number of carbonyl (C=O) groups is 1. The Morgan fingerprint density at radius 2 is 2.16 bits per heavy atom. The number of benzene rings is 1. The summed E-state index contributed by atoms with van der Waals surface area (Å²) in [4.78, 5) is 12.1. The van der Waals surface area contributed by atoms with Gasteiger partial charge in [-0.25, -0.2) is 4.79 Å². The van der Waals surface area contributed by atoms with E-state index in [0.717, 1.165) is 11.1 Å². The Bertz CT molecular complexity index is 469. The van der Waals surface area contributed by atoms with Crippen molar-refractivity contribution in [3.05, 3.63) is 35.4 Å². The summed E-state index contributed by atoms with van der Waals surface area (Å²) >= 11 is 0. The molecule has 0 bridgehead atoms. The molecule has 0 fully saturated rings. The fraction of sp³-hybridized carbons (Fsp3) is 0.533. The maximum absolute atomic E-state index is 12.1. The Hall–Kier alpha value is -1.39. The van der Waals surface area contributed by atoms with Gasteiger partial charge in [-0.3, -0.25) is 0 Å². The Kier molecular flexibility index (Phi) is 3.92. The molecule has 0 aliphatic carbocycles. The van der Waals surface area contributed by atoms with Crippen molar-refractivity contribution in [1.82, 2.24) is 0 Å². The number of ether oxygens (including phenoxy) is 2. The zero-order valence-corrected chi connectivity index (χ0v) is 11.6. The molecule has 0 saturated carbocycles. The Morgan fingerprint density at radius 1 is 1.47 bits per heavy atom. The van der Waals surface area contributed by atoms with Crippen LogP contribution in [0.1, 0.15) is 30.9 Å². The van der Waals surface area contributed by atoms with E-state index in [9.17, 15) is 9.90 Å². The van der Waals surface area contributed by atoms with Crippen LogP contribution in [0.4, 0.5) is 0 Å². The fourth-order valence-corrected chi connectivity index (χ4v) is 2.69. The summed E-state index contributed by atoms with van der Waals surface area (Å²) in [5.41, 5.74) is 0.419. The highest BCUT2D eigenvalue weighted by atomic mass is 16.5. The first kappa shape index (κ1) is 14.0. The lowest BCUT2D eigenvalue weighted by molar-refractivity contribution is -0.174. The lowest BCUT2D eigenvalue weighted by Crippen LogP contribution is -2.52. The molecule has 1 N–H and O–H groups in total. The van der Waals surface area contributed by atoms with Gasteiger partial charge in [0.05, 0.1) is 20.3 Å². The largest absolute Gasteiger partial charge is 0.467 e. The van der Waals surface area contributed by atoms with Crippen molar-refractivity contribution >= 4 is 5.97 Å². The standard InChI is InChI=1S/C15H20O4/c1-10(2)15(17,14(16)18-3)13-9-19-8-11-6-4-5-7-12(11)13/h4-7,10,13,17H,8-9H2,1-3H3. The maximum atomic E-state index is 12.1. The van der Waals surface area contributed by atoms with Gasteiger partial charge in [-0.15, -0.1) is 0 Å². The van der Waals surface area contributed by atoms with Crippen LogP contribution >= 0.6 is 0 Å². The molecule has 0 radical (unpaired) electrons. The van der Waals surface area contributed by atoms with Crippen molar-refractivity contribution < 1.29 is 19.4 Å². The Balaban J connectivity index is 2.48. The molecule has 2 unspecified atom stereocenters. The first-order valence-electron chi connectivity index (χ1n) is 6.48. The molecule has 1 aliphatic heterocycles. The van der Waals surface area contributed by atoms with Crippen molar-refractivity contribution in [3.63, 3.8) is 0 Å². The highest BCUT2D eigenvalue weighted by Gasteiger charge is 2.50. The van der Waals surface area contributed by atoms with Gasteiger partial charge >= 0.3 is 5.97 Å². The SMILES string of the molecule is COC(=O)C(O)(C(C)C)C1COCc2ccccc21. The Labute approximate surface area is 113 Å². The number of rotatable bonds is 3. The van der Waals surface area contributed by atoms with Crippen LogP contribution in [0, 0.1) is 5.92 Å². The summed E-state index contributed by atoms with van der Waals surface area (Å²) in [6.07, 6.45) is 0. The molecule has 2 atom stereocenters. The van der Waals surface area contributed by atoms with Crippen molar-refractivity contribution in [2.24, 2.45) is 5.92 Å². The van der Waals surface area contributed by atoms with E-state index >= 15 is 0 Å². The maximum Gasteiger partial charge on any atom is 0.338 e. The summed E-state index contributed by atoms with van der Waals surface area (Å²) in [5.74, 6) is -1.27. The molecular weight excluding hydrogens is 244 g/mol. The van der Waals surface area contributed by atoms with Crippen molar-refractivity contribution in [2.75, 3.05) is 13.7 Å². The number of esters is 1. The topological polar surface area (TPSA) is 55.8 Å². The van der Waals surface area contributed by atoms with Gasteiger partial charge in [-0.1, -0.05) is 38.1 Å². The molecule has 104 valence electrons. The average Bonchev–Trinajstić information content (AvgIpc) is 2.44. The quantitative estimate of drug-likeness (QED) is 0.847. The second-order valence-corrected chi connectivity index (χ2v) is 5.24. The lowest BCUT2D eigenvalue weighted by Gasteiger charge is -2.39. The predicted octanol–water partition coefficient (Wildman–Crippen LogP) is 1.86. The van der Waals surface area contributed by atoms with E-state index in [1.807, 2.05) is 38.1 Å². The molecule has 1 heterocycles. The van der Waals surface area contributed by atoms with E-state index in [4.69, 9.17) is 9.47 Å². The minimum atomic E-state index is -1.56. The van der Waals surface area contributed by atoms with Crippen LogP contribution in [0.25, 0.3) is 0 Å². The normalized spacial score (nSPS) is 21.6. The molecule has 19 heavy (non-hydrogen) atoms. The highest BCUT2D eigenvalue weighted by Crippen LogP contribution is 2.39. The molecule has 2 rings (SSSR count). The van der Waals surface area contributed by atoms with E-state index in [1.165, 1.54) is 7.11 Å². The molecule has 1 aromatic carbocycles. The summed E-state index contributed by atoms with van der Waals surface area (Å²) in [6.45, 7) is 4.46. The van der Waals surface area contributed by atoms with Crippen LogP contribution in [0.2, 0.25) is 0 Å². The number of hydrogen-bond acceptors (Lipinski definition) is 4. The van der Waals surface area contributed by atoms with Crippen LogP contribution in [-0.4, -0.2) is 30.4 Å². The predicted molar refractivity (Wildman–Crippen MR) is 70.6 cm³/mol. The monoisotopic (exact) mass is 264 g/mol. The van der Waals surface area contributed by atoms with Crippen LogP contribution in [0.3, 0.4) is 0 Å². The first-order valence-corrected chi connectivity index (χ1v) is 6.48. The molecule has 0 saturated heterocycles. The number of fused-ring (bicyclic) bond motifs is 1. The molecule has 1 aliphatic rings. The van der Waals surface area contributed by atoms with Crippen LogP contribution in [0.15, 0.2) is 24.3 Å². The highest BCUT2D eigenvalue weighted by molar-refractivity contribution is 5.81. The van der Waals surface area contributed by atoms with Crippen LogP contribution in [-0.2, 0) is 20.9 Å². The van der Waals surface area contributed by atoms with Gasteiger partial charge in [0.15, 0.2) is 5.60 Å².